The first-order valence-electron chi connectivity index (χ1n) is 7.63. The van der Waals surface area contributed by atoms with Crippen molar-refractivity contribution in [1.29, 1.82) is 0 Å². The van der Waals surface area contributed by atoms with Crippen LogP contribution in [0.4, 0.5) is 0 Å². The Bertz CT molecular complexity index is 721. The van der Waals surface area contributed by atoms with Gasteiger partial charge in [-0.25, -0.2) is 0 Å². The van der Waals surface area contributed by atoms with E-state index in [1.54, 1.807) is 11.8 Å². The molecule has 126 valence electrons. The summed E-state index contributed by atoms with van der Waals surface area (Å²) in [6.07, 6.45) is 0. The van der Waals surface area contributed by atoms with E-state index in [1.807, 2.05) is 49.4 Å². The van der Waals surface area contributed by atoms with Gasteiger partial charge in [-0.3, -0.25) is 4.79 Å². The summed E-state index contributed by atoms with van der Waals surface area (Å²) in [4.78, 5) is 12.1. The van der Waals surface area contributed by atoms with Crippen LogP contribution in [0.15, 0.2) is 42.5 Å². The van der Waals surface area contributed by atoms with Gasteiger partial charge in [-0.2, -0.15) is 0 Å². The summed E-state index contributed by atoms with van der Waals surface area (Å²) in [5, 5.41) is 3.69. The van der Waals surface area contributed by atoms with Crippen molar-refractivity contribution in [2.45, 2.75) is 18.7 Å². The lowest BCUT2D eigenvalue weighted by Crippen LogP contribution is -2.28. The number of ether oxygens (including phenoxy) is 2. The van der Waals surface area contributed by atoms with E-state index in [4.69, 9.17) is 21.1 Å². The molecule has 24 heavy (non-hydrogen) atoms. The van der Waals surface area contributed by atoms with Gasteiger partial charge in [-0.15, -0.1) is 11.8 Å². The number of hydrogen-bond donors (Lipinski definition) is 1. The Labute approximate surface area is 150 Å². The van der Waals surface area contributed by atoms with Crippen molar-refractivity contribution in [2.24, 2.45) is 0 Å². The monoisotopic (exact) mass is 363 g/mol. The molecule has 0 spiro atoms. The highest BCUT2D eigenvalue weighted by Crippen LogP contribution is 2.33. The van der Waals surface area contributed by atoms with Gasteiger partial charge in [0.15, 0.2) is 11.5 Å². The average Bonchev–Trinajstić information content (AvgIpc) is 3.03. The second-order valence-corrected chi connectivity index (χ2v) is 6.94. The second-order valence-electron chi connectivity index (χ2n) is 5.52. The zero-order valence-corrected chi connectivity index (χ0v) is 14.8. The van der Waals surface area contributed by atoms with Gasteiger partial charge in [-0.05, 0) is 42.3 Å². The summed E-state index contributed by atoms with van der Waals surface area (Å²) >= 11 is 7.45. The van der Waals surface area contributed by atoms with E-state index in [-0.39, 0.29) is 18.7 Å². The second kappa shape index (κ2) is 7.81. The zero-order valence-electron chi connectivity index (χ0n) is 13.3. The summed E-state index contributed by atoms with van der Waals surface area (Å²) in [7, 11) is 0. The molecule has 0 aliphatic carbocycles. The number of rotatable bonds is 6. The topological polar surface area (TPSA) is 47.6 Å². The molecule has 2 aromatic rings. The van der Waals surface area contributed by atoms with Gasteiger partial charge in [0.1, 0.15) is 0 Å². The van der Waals surface area contributed by atoms with Gasteiger partial charge in [0.25, 0.3) is 0 Å². The molecule has 0 unspecified atom stereocenters. The van der Waals surface area contributed by atoms with Crippen molar-refractivity contribution in [2.75, 3.05) is 12.5 Å². The van der Waals surface area contributed by atoms with Crippen LogP contribution in [0.1, 0.15) is 24.1 Å². The fraction of sp³-hybridized carbons (Fsp3) is 0.278. The van der Waals surface area contributed by atoms with Gasteiger partial charge >= 0.3 is 0 Å². The molecule has 0 aromatic heterocycles. The smallest absolute Gasteiger partial charge is 0.231 e. The molecule has 1 atom stereocenters. The Hall–Kier alpha value is -1.85. The quantitative estimate of drug-likeness (QED) is 0.836. The van der Waals surface area contributed by atoms with Crippen LogP contribution < -0.4 is 14.8 Å². The first-order valence-corrected chi connectivity index (χ1v) is 9.16. The van der Waals surface area contributed by atoms with E-state index < -0.39 is 0 Å². The predicted molar refractivity (Wildman–Crippen MR) is 96.7 cm³/mol. The number of thioether (sulfide) groups is 1. The van der Waals surface area contributed by atoms with Gasteiger partial charge in [-0.1, -0.05) is 29.8 Å². The third-order valence-corrected chi connectivity index (χ3v) is 4.94. The highest BCUT2D eigenvalue weighted by Gasteiger charge is 2.14. The average molecular weight is 364 g/mol. The lowest BCUT2D eigenvalue weighted by Gasteiger charge is -2.14. The van der Waals surface area contributed by atoms with Gasteiger partial charge in [0, 0.05) is 10.8 Å². The zero-order chi connectivity index (χ0) is 16.9. The summed E-state index contributed by atoms with van der Waals surface area (Å²) in [6.45, 7) is 2.24. The van der Waals surface area contributed by atoms with Crippen molar-refractivity contribution in [3.8, 4) is 11.5 Å². The number of amides is 1. The minimum absolute atomic E-state index is 0.0168. The standard InChI is InChI=1S/C18H18ClNO3S/c1-12(14-3-5-15(19)6-4-14)20-18(21)10-24-9-13-2-7-16-17(8-13)23-11-22-16/h2-8,12H,9-11H2,1H3,(H,20,21)/t12-/m0/s1. The maximum absolute atomic E-state index is 12.1. The number of carbonyl (C=O) groups is 1. The third kappa shape index (κ3) is 4.36. The van der Waals surface area contributed by atoms with Crippen molar-refractivity contribution in [3.63, 3.8) is 0 Å². The van der Waals surface area contributed by atoms with E-state index in [0.717, 1.165) is 28.4 Å². The van der Waals surface area contributed by atoms with Crippen molar-refractivity contribution >= 4 is 29.3 Å². The van der Waals surface area contributed by atoms with Crippen LogP contribution in [0, 0.1) is 0 Å². The minimum atomic E-state index is -0.0408. The van der Waals surface area contributed by atoms with Crippen molar-refractivity contribution in [3.05, 3.63) is 58.6 Å². The fourth-order valence-electron chi connectivity index (χ4n) is 2.41. The maximum atomic E-state index is 12.1. The first kappa shape index (κ1) is 17.0. The Morgan fingerprint density at radius 3 is 2.75 bits per heavy atom. The molecule has 4 nitrogen and oxygen atoms in total. The van der Waals surface area contributed by atoms with Gasteiger partial charge in [0.05, 0.1) is 11.8 Å². The van der Waals surface area contributed by atoms with Crippen LogP contribution in [0.25, 0.3) is 0 Å². The summed E-state index contributed by atoms with van der Waals surface area (Å²) < 4.78 is 10.6. The molecular weight excluding hydrogens is 346 g/mol. The Morgan fingerprint density at radius 1 is 1.21 bits per heavy atom. The van der Waals surface area contributed by atoms with E-state index in [0.29, 0.717) is 10.8 Å². The predicted octanol–water partition coefficient (Wildman–Crippen LogP) is 4.18. The molecule has 0 fully saturated rings. The molecule has 1 N–H and O–H groups in total. The fourth-order valence-corrected chi connectivity index (χ4v) is 3.32. The molecule has 0 saturated carbocycles. The molecular formula is C18H18ClNO3S. The molecule has 3 rings (SSSR count). The van der Waals surface area contributed by atoms with Crippen LogP contribution in [0.5, 0.6) is 11.5 Å². The molecule has 6 heteroatoms. The SMILES string of the molecule is C[C@H](NC(=O)CSCc1ccc2c(c1)OCO2)c1ccc(Cl)cc1. The highest BCUT2D eigenvalue weighted by molar-refractivity contribution is 7.99. The van der Waals surface area contributed by atoms with Crippen LogP contribution in [-0.2, 0) is 10.5 Å². The van der Waals surface area contributed by atoms with Crippen LogP contribution in [0.3, 0.4) is 0 Å². The molecule has 2 aromatic carbocycles. The molecule has 1 heterocycles. The number of benzene rings is 2. The number of halogens is 1. The van der Waals surface area contributed by atoms with Crippen molar-refractivity contribution < 1.29 is 14.3 Å². The van der Waals surface area contributed by atoms with E-state index in [2.05, 4.69) is 5.32 Å². The number of hydrogen-bond acceptors (Lipinski definition) is 4. The summed E-state index contributed by atoms with van der Waals surface area (Å²) in [6, 6.07) is 13.3. The summed E-state index contributed by atoms with van der Waals surface area (Å²) in [5.41, 5.74) is 2.15. The molecule has 0 bridgehead atoms. The van der Waals surface area contributed by atoms with E-state index >= 15 is 0 Å². The molecule has 1 amide bonds. The summed E-state index contributed by atoms with van der Waals surface area (Å²) in [5.74, 6) is 2.72. The number of nitrogens with one attached hydrogen (secondary N) is 1. The van der Waals surface area contributed by atoms with Crippen LogP contribution in [-0.4, -0.2) is 18.5 Å². The third-order valence-electron chi connectivity index (χ3n) is 3.69. The largest absolute Gasteiger partial charge is 0.454 e. The molecule has 0 saturated heterocycles. The Morgan fingerprint density at radius 2 is 1.96 bits per heavy atom. The number of carbonyl (C=O) groups excluding carboxylic acids is 1. The number of fused-ring (bicyclic) bond motifs is 1. The molecule has 0 radical (unpaired) electrons. The van der Waals surface area contributed by atoms with Gasteiger partial charge in [0.2, 0.25) is 12.7 Å². The minimum Gasteiger partial charge on any atom is -0.454 e. The maximum Gasteiger partial charge on any atom is 0.231 e. The highest BCUT2D eigenvalue weighted by atomic mass is 35.5. The van der Waals surface area contributed by atoms with Crippen LogP contribution in [0.2, 0.25) is 5.02 Å². The normalized spacial score (nSPS) is 13.6. The van der Waals surface area contributed by atoms with E-state index in [9.17, 15) is 4.79 Å². The van der Waals surface area contributed by atoms with Gasteiger partial charge < -0.3 is 14.8 Å². The molecule has 1 aliphatic heterocycles. The first-order chi connectivity index (χ1) is 11.6. The van der Waals surface area contributed by atoms with Crippen molar-refractivity contribution in [1.82, 2.24) is 5.32 Å². The molecule has 1 aliphatic rings. The lowest BCUT2D eigenvalue weighted by atomic mass is 10.1. The Balaban J connectivity index is 1.44. The Kier molecular flexibility index (Phi) is 5.53. The lowest BCUT2D eigenvalue weighted by molar-refractivity contribution is -0.119. The van der Waals surface area contributed by atoms with Crippen LogP contribution >= 0.6 is 23.4 Å². The van der Waals surface area contributed by atoms with E-state index in [1.165, 1.54) is 0 Å².